The third kappa shape index (κ3) is 3.00. The van der Waals surface area contributed by atoms with Gasteiger partial charge in [-0.3, -0.25) is 14.3 Å². The number of aryl methyl sites for hydroxylation is 1. The lowest BCUT2D eigenvalue weighted by Gasteiger charge is -2.17. The molecule has 5 nitrogen and oxygen atoms in total. The van der Waals surface area contributed by atoms with Gasteiger partial charge in [-0.15, -0.1) is 0 Å². The van der Waals surface area contributed by atoms with Gasteiger partial charge in [0, 0.05) is 31.5 Å². The summed E-state index contributed by atoms with van der Waals surface area (Å²) in [4.78, 5) is 23.9. The Bertz CT molecular complexity index is 705. The molecule has 0 aliphatic rings. The minimum absolute atomic E-state index is 0.368. The molecule has 22 heavy (non-hydrogen) atoms. The van der Waals surface area contributed by atoms with Crippen LogP contribution in [0, 0.1) is 0 Å². The van der Waals surface area contributed by atoms with Crippen LogP contribution in [0.2, 0.25) is 0 Å². The molecule has 0 fully saturated rings. The average Bonchev–Trinajstić information content (AvgIpc) is 2.88. The molecular weight excluding hydrogens is 299 g/mol. The van der Waals surface area contributed by atoms with Crippen LogP contribution in [0.1, 0.15) is 26.4 Å². The summed E-state index contributed by atoms with van der Waals surface area (Å²) < 4.78 is 39.6. The average molecular weight is 311 g/mol. The number of aldehydes is 1. The second kappa shape index (κ2) is 5.63. The molecule has 0 bridgehead atoms. The fourth-order valence-electron chi connectivity index (χ4n) is 1.93. The summed E-state index contributed by atoms with van der Waals surface area (Å²) in [6.07, 6.45) is -3.05. The molecule has 0 atom stereocenters. The van der Waals surface area contributed by atoms with Crippen LogP contribution in [-0.4, -0.2) is 29.0 Å². The maximum Gasteiger partial charge on any atom is 0.435 e. The summed E-state index contributed by atoms with van der Waals surface area (Å²) in [7, 11) is 2.66. The minimum atomic E-state index is -4.71. The van der Waals surface area contributed by atoms with E-state index in [2.05, 4.69) is 5.10 Å². The first-order valence-electron chi connectivity index (χ1n) is 6.18. The molecule has 0 aliphatic carbocycles. The molecule has 1 aromatic heterocycles. The largest absolute Gasteiger partial charge is 0.435 e. The molecule has 2 aromatic rings. The van der Waals surface area contributed by atoms with Crippen LogP contribution in [0.15, 0.2) is 30.5 Å². The van der Waals surface area contributed by atoms with Gasteiger partial charge in [-0.05, 0) is 24.3 Å². The highest BCUT2D eigenvalue weighted by Gasteiger charge is 2.39. The summed E-state index contributed by atoms with van der Waals surface area (Å²) in [6, 6.07) is 5.90. The van der Waals surface area contributed by atoms with E-state index in [0.717, 1.165) is 15.8 Å². The molecular formula is C14H12F3N3O2. The lowest BCUT2D eigenvalue weighted by molar-refractivity contribution is -0.141. The molecule has 0 N–H and O–H groups in total. The minimum Gasteiger partial charge on any atom is -0.311 e. The Balaban J connectivity index is 2.36. The van der Waals surface area contributed by atoms with Gasteiger partial charge in [-0.2, -0.15) is 18.3 Å². The van der Waals surface area contributed by atoms with Crippen molar-refractivity contribution in [3.63, 3.8) is 0 Å². The fourth-order valence-corrected chi connectivity index (χ4v) is 1.93. The van der Waals surface area contributed by atoms with E-state index < -0.39 is 23.3 Å². The Kier molecular flexibility index (Phi) is 4.03. The second-order valence-corrected chi connectivity index (χ2v) is 4.64. The molecule has 1 amide bonds. The van der Waals surface area contributed by atoms with Crippen LogP contribution < -0.4 is 4.90 Å². The normalized spacial score (nSPS) is 11.3. The highest BCUT2D eigenvalue weighted by atomic mass is 19.4. The van der Waals surface area contributed by atoms with Gasteiger partial charge in [0.25, 0.3) is 5.91 Å². The van der Waals surface area contributed by atoms with Gasteiger partial charge >= 0.3 is 6.18 Å². The second-order valence-electron chi connectivity index (χ2n) is 4.64. The van der Waals surface area contributed by atoms with Crippen molar-refractivity contribution < 1.29 is 22.8 Å². The van der Waals surface area contributed by atoms with Crippen molar-refractivity contribution in [2.24, 2.45) is 7.05 Å². The Morgan fingerprint density at radius 3 is 2.36 bits per heavy atom. The van der Waals surface area contributed by atoms with E-state index in [1.54, 1.807) is 0 Å². The summed E-state index contributed by atoms with van der Waals surface area (Å²) in [5.74, 6) is -0.834. The highest BCUT2D eigenvalue weighted by molar-refractivity contribution is 6.06. The lowest BCUT2D eigenvalue weighted by Crippen LogP contribution is -2.28. The van der Waals surface area contributed by atoms with Gasteiger partial charge in [0.05, 0.1) is 5.56 Å². The van der Waals surface area contributed by atoms with Crippen LogP contribution >= 0.6 is 0 Å². The van der Waals surface area contributed by atoms with Crippen LogP contribution in [-0.2, 0) is 13.2 Å². The van der Waals surface area contributed by atoms with Crippen molar-refractivity contribution in [2.75, 3.05) is 11.9 Å². The van der Waals surface area contributed by atoms with E-state index in [9.17, 15) is 22.8 Å². The van der Waals surface area contributed by atoms with E-state index in [1.807, 2.05) is 0 Å². The number of aromatic nitrogens is 2. The van der Waals surface area contributed by atoms with Crippen LogP contribution in [0.5, 0.6) is 0 Å². The number of anilines is 1. The first-order chi connectivity index (χ1) is 10.2. The lowest BCUT2D eigenvalue weighted by atomic mass is 10.1. The Morgan fingerprint density at radius 2 is 1.86 bits per heavy atom. The molecule has 0 saturated carbocycles. The predicted molar refractivity (Wildman–Crippen MR) is 72.8 cm³/mol. The molecule has 2 rings (SSSR count). The topological polar surface area (TPSA) is 55.2 Å². The molecule has 0 saturated heterocycles. The summed E-state index contributed by atoms with van der Waals surface area (Å²) in [5, 5.41) is 3.30. The number of nitrogens with zero attached hydrogens (tertiary/aromatic N) is 3. The van der Waals surface area contributed by atoms with Crippen LogP contribution in [0.25, 0.3) is 0 Å². The molecule has 1 heterocycles. The fraction of sp³-hybridized carbons (Fsp3) is 0.214. The van der Waals surface area contributed by atoms with Crippen molar-refractivity contribution in [1.29, 1.82) is 0 Å². The number of rotatable bonds is 3. The van der Waals surface area contributed by atoms with E-state index in [-0.39, 0.29) is 0 Å². The monoisotopic (exact) mass is 311 g/mol. The number of carbonyl (C=O) groups is 2. The molecule has 8 heteroatoms. The van der Waals surface area contributed by atoms with Crippen molar-refractivity contribution in [1.82, 2.24) is 9.78 Å². The third-order valence-electron chi connectivity index (χ3n) is 3.05. The standard InChI is InChI=1S/C14H12F3N3O2/c1-19-7-11(12(18-19)14(15,16)17)13(22)20(2)10-5-3-9(8-21)4-6-10/h3-8H,1-2H3. The van der Waals surface area contributed by atoms with Crippen molar-refractivity contribution in [3.05, 3.63) is 47.3 Å². The molecule has 0 aliphatic heterocycles. The van der Waals surface area contributed by atoms with Crippen LogP contribution in [0.4, 0.5) is 18.9 Å². The van der Waals surface area contributed by atoms with Gasteiger partial charge < -0.3 is 4.90 Å². The SMILES string of the molecule is CN(C(=O)c1cn(C)nc1C(F)(F)F)c1ccc(C=O)cc1. The van der Waals surface area contributed by atoms with E-state index >= 15 is 0 Å². The Morgan fingerprint density at radius 1 is 1.27 bits per heavy atom. The molecule has 116 valence electrons. The summed E-state index contributed by atoms with van der Waals surface area (Å²) in [5.41, 5.74) is -0.983. The number of halogens is 3. The number of hydrogen-bond donors (Lipinski definition) is 0. The number of amides is 1. The van der Waals surface area contributed by atoms with Gasteiger partial charge in [0.2, 0.25) is 0 Å². The molecule has 0 spiro atoms. The first-order valence-corrected chi connectivity index (χ1v) is 6.18. The van der Waals surface area contributed by atoms with E-state index in [0.29, 0.717) is 17.5 Å². The highest BCUT2D eigenvalue weighted by Crippen LogP contribution is 2.31. The quantitative estimate of drug-likeness (QED) is 0.819. The maximum absolute atomic E-state index is 12.9. The maximum atomic E-state index is 12.9. The molecule has 1 aromatic carbocycles. The first kappa shape index (κ1) is 15.7. The van der Waals surface area contributed by atoms with E-state index in [1.165, 1.54) is 38.4 Å². The van der Waals surface area contributed by atoms with Crippen molar-refractivity contribution in [2.45, 2.75) is 6.18 Å². The molecule has 0 radical (unpaired) electrons. The van der Waals surface area contributed by atoms with Crippen molar-refractivity contribution >= 4 is 17.9 Å². The van der Waals surface area contributed by atoms with Gasteiger partial charge in [0.15, 0.2) is 5.69 Å². The van der Waals surface area contributed by atoms with Crippen LogP contribution in [0.3, 0.4) is 0 Å². The molecule has 0 unspecified atom stereocenters. The zero-order valence-electron chi connectivity index (χ0n) is 11.8. The Hall–Kier alpha value is -2.64. The zero-order chi connectivity index (χ0) is 16.5. The summed E-state index contributed by atoms with van der Waals surface area (Å²) >= 11 is 0. The number of hydrogen-bond acceptors (Lipinski definition) is 3. The van der Waals surface area contributed by atoms with Gasteiger partial charge in [0.1, 0.15) is 6.29 Å². The number of carbonyl (C=O) groups excluding carboxylic acids is 2. The van der Waals surface area contributed by atoms with E-state index in [4.69, 9.17) is 0 Å². The summed E-state index contributed by atoms with van der Waals surface area (Å²) in [6.45, 7) is 0. The zero-order valence-corrected chi connectivity index (χ0v) is 11.8. The third-order valence-corrected chi connectivity index (χ3v) is 3.05. The Labute approximate surface area is 123 Å². The van der Waals surface area contributed by atoms with Crippen molar-refractivity contribution in [3.8, 4) is 0 Å². The predicted octanol–water partition coefficient (Wildman–Crippen LogP) is 2.53. The van der Waals surface area contributed by atoms with Gasteiger partial charge in [-0.25, -0.2) is 0 Å². The number of alkyl halides is 3. The van der Waals surface area contributed by atoms with Gasteiger partial charge in [-0.1, -0.05) is 0 Å². The smallest absolute Gasteiger partial charge is 0.311 e. The number of benzene rings is 1.